The van der Waals surface area contributed by atoms with Crippen LogP contribution in [-0.4, -0.2) is 13.0 Å². The maximum absolute atomic E-state index is 11.6. The maximum Gasteiger partial charge on any atom is 0.295 e. The average Bonchev–Trinajstić information content (AvgIpc) is 2.55. The van der Waals surface area contributed by atoms with E-state index in [1.807, 2.05) is 83.3 Å². The molecule has 23 heavy (non-hydrogen) atoms. The van der Waals surface area contributed by atoms with E-state index in [4.69, 9.17) is 0 Å². The monoisotopic (exact) mass is 436 g/mol. The first-order chi connectivity index (χ1) is 11.0. The third kappa shape index (κ3) is 3.31. The zero-order valence-electron chi connectivity index (χ0n) is 12.0. The smallest absolute Gasteiger partial charge is 0.282 e. The zero-order valence-corrected chi connectivity index (χ0v) is 15.0. The SMILES string of the molecule is O=S(=O)(O)c1ccc(-c2ccccc2)c(-c2ccccc2)c1I. The standard InChI is InChI=1S/C18H13IO3S/c19-18-16(23(20,21)22)12-11-15(13-7-3-1-4-8-13)17(18)14-9-5-2-6-10-14/h1-12H,(H,20,21,22). The summed E-state index contributed by atoms with van der Waals surface area (Å²) in [4.78, 5) is -0.0726. The van der Waals surface area contributed by atoms with Gasteiger partial charge in [0, 0.05) is 9.13 Å². The molecule has 0 radical (unpaired) electrons. The molecule has 0 bridgehead atoms. The molecular formula is C18H13IO3S. The minimum Gasteiger partial charge on any atom is -0.282 e. The van der Waals surface area contributed by atoms with E-state index in [9.17, 15) is 13.0 Å². The van der Waals surface area contributed by atoms with Gasteiger partial charge in [0.05, 0.1) is 0 Å². The molecule has 0 saturated heterocycles. The highest BCUT2D eigenvalue weighted by Gasteiger charge is 2.20. The first kappa shape index (κ1) is 16.2. The Balaban J connectivity index is 2.36. The molecule has 0 spiro atoms. The molecule has 1 N–H and O–H groups in total. The molecule has 5 heteroatoms. The van der Waals surface area contributed by atoms with E-state index in [1.54, 1.807) is 6.07 Å². The fourth-order valence-electron chi connectivity index (χ4n) is 2.50. The van der Waals surface area contributed by atoms with Crippen molar-refractivity contribution in [2.24, 2.45) is 0 Å². The molecule has 3 aromatic rings. The highest BCUT2D eigenvalue weighted by molar-refractivity contribution is 14.1. The van der Waals surface area contributed by atoms with Gasteiger partial charge in [0.2, 0.25) is 0 Å². The summed E-state index contributed by atoms with van der Waals surface area (Å²) < 4.78 is 33.3. The molecule has 116 valence electrons. The predicted octanol–water partition coefficient (Wildman–Crippen LogP) is 4.87. The Bertz CT molecular complexity index is 937. The minimum absolute atomic E-state index is 0.0726. The van der Waals surface area contributed by atoms with E-state index in [2.05, 4.69) is 0 Å². The van der Waals surface area contributed by atoms with Gasteiger partial charge in [-0.3, -0.25) is 4.55 Å². The molecule has 0 saturated carbocycles. The van der Waals surface area contributed by atoms with Crippen LogP contribution in [0.3, 0.4) is 0 Å². The summed E-state index contributed by atoms with van der Waals surface area (Å²) in [6.45, 7) is 0. The van der Waals surface area contributed by atoms with Crippen LogP contribution in [0.15, 0.2) is 77.7 Å². The molecule has 3 aromatic carbocycles. The quantitative estimate of drug-likeness (QED) is 0.471. The van der Waals surface area contributed by atoms with Gasteiger partial charge in [-0.2, -0.15) is 8.42 Å². The Labute approximate surface area is 148 Å². The molecular weight excluding hydrogens is 423 g/mol. The van der Waals surface area contributed by atoms with Crippen molar-refractivity contribution < 1.29 is 13.0 Å². The molecule has 3 nitrogen and oxygen atoms in total. The molecule has 0 aliphatic carbocycles. The second-order valence-electron chi connectivity index (χ2n) is 5.01. The summed E-state index contributed by atoms with van der Waals surface area (Å²) in [5.74, 6) is 0. The molecule has 0 heterocycles. The van der Waals surface area contributed by atoms with Crippen molar-refractivity contribution in [3.8, 4) is 22.3 Å². The van der Waals surface area contributed by atoms with Crippen molar-refractivity contribution in [1.29, 1.82) is 0 Å². The summed E-state index contributed by atoms with van der Waals surface area (Å²) in [5, 5.41) is 0. The van der Waals surface area contributed by atoms with Gasteiger partial charge in [-0.15, -0.1) is 0 Å². The fraction of sp³-hybridized carbons (Fsp3) is 0. The topological polar surface area (TPSA) is 54.4 Å². The highest BCUT2D eigenvalue weighted by atomic mass is 127. The van der Waals surface area contributed by atoms with Gasteiger partial charge in [-0.1, -0.05) is 66.7 Å². The largest absolute Gasteiger partial charge is 0.295 e. The lowest BCUT2D eigenvalue weighted by atomic mass is 9.95. The summed E-state index contributed by atoms with van der Waals surface area (Å²) in [5.41, 5.74) is 3.62. The molecule has 0 atom stereocenters. The lowest BCUT2D eigenvalue weighted by Gasteiger charge is -2.15. The van der Waals surface area contributed by atoms with E-state index in [-0.39, 0.29) is 4.90 Å². The molecule has 0 aliphatic rings. The van der Waals surface area contributed by atoms with E-state index in [0.717, 1.165) is 22.3 Å². The van der Waals surface area contributed by atoms with Crippen molar-refractivity contribution in [2.75, 3.05) is 0 Å². The molecule has 0 amide bonds. The third-order valence-electron chi connectivity index (χ3n) is 3.53. The fourth-order valence-corrected chi connectivity index (χ4v) is 4.69. The lowest BCUT2D eigenvalue weighted by molar-refractivity contribution is 0.482. The van der Waals surface area contributed by atoms with Crippen LogP contribution < -0.4 is 0 Å². The molecule has 0 aliphatic heterocycles. The molecule has 3 rings (SSSR count). The van der Waals surface area contributed by atoms with Gasteiger partial charge in [0.15, 0.2) is 0 Å². The summed E-state index contributed by atoms with van der Waals surface area (Å²) >= 11 is 1.98. The van der Waals surface area contributed by atoms with Crippen LogP contribution >= 0.6 is 22.6 Å². The molecule has 0 unspecified atom stereocenters. The molecule has 0 fully saturated rings. The third-order valence-corrected chi connectivity index (χ3v) is 5.91. The van der Waals surface area contributed by atoms with Crippen LogP contribution in [0.1, 0.15) is 0 Å². The van der Waals surface area contributed by atoms with E-state index >= 15 is 0 Å². The second kappa shape index (κ2) is 6.43. The van der Waals surface area contributed by atoms with Gasteiger partial charge in [0.1, 0.15) is 4.90 Å². The van der Waals surface area contributed by atoms with Crippen molar-refractivity contribution in [1.82, 2.24) is 0 Å². The first-order valence-electron chi connectivity index (χ1n) is 6.89. The van der Waals surface area contributed by atoms with E-state index < -0.39 is 10.1 Å². The maximum atomic E-state index is 11.6. The number of benzene rings is 3. The highest BCUT2D eigenvalue weighted by Crippen LogP contribution is 2.38. The molecule has 0 aromatic heterocycles. The summed E-state index contributed by atoms with van der Waals surface area (Å²) in [7, 11) is -4.27. The first-order valence-corrected chi connectivity index (χ1v) is 9.41. The lowest BCUT2D eigenvalue weighted by Crippen LogP contribution is -2.03. The van der Waals surface area contributed by atoms with Gasteiger partial charge in [-0.25, -0.2) is 0 Å². The Morgan fingerprint density at radius 2 is 1.26 bits per heavy atom. The number of halogens is 1. The van der Waals surface area contributed by atoms with Crippen molar-refractivity contribution >= 4 is 32.7 Å². The zero-order chi connectivity index (χ0) is 16.4. The minimum atomic E-state index is -4.27. The average molecular weight is 436 g/mol. The summed E-state index contributed by atoms with van der Waals surface area (Å²) in [6, 6.07) is 22.5. The second-order valence-corrected chi connectivity index (χ2v) is 7.48. The van der Waals surface area contributed by atoms with Crippen LogP contribution in [0.25, 0.3) is 22.3 Å². The van der Waals surface area contributed by atoms with E-state index in [0.29, 0.717) is 3.57 Å². The van der Waals surface area contributed by atoms with Crippen LogP contribution in [0, 0.1) is 3.57 Å². The Morgan fingerprint density at radius 3 is 1.78 bits per heavy atom. The summed E-state index contributed by atoms with van der Waals surface area (Å²) in [6.07, 6.45) is 0. The van der Waals surface area contributed by atoms with Crippen LogP contribution in [0.5, 0.6) is 0 Å². The Morgan fingerprint density at radius 1 is 0.739 bits per heavy atom. The van der Waals surface area contributed by atoms with E-state index in [1.165, 1.54) is 6.07 Å². The van der Waals surface area contributed by atoms with Gasteiger partial charge in [-0.05, 0) is 45.3 Å². The van der Waals surface area contributed by atoms with Crippen molar-refractivity contribution in [3.05, 3.63) is 76.4 Å². The Hall–Kier alpha value is -1.70. The normalized spacial score (nSPS) is 11.4. The Kier molecular flexibility index (Phi) is 4.52. The van der Waals surface area contributed by atoms with Crippen molar-refractivity contribution in [2.45, 2.75) is 4.90 Å². The van der Waals surface area contributed by atoms with Crippen LogP contribution in [0.2, 0.25) is 0 Å². The number of hydrogen-bond donors (Lipinski definition) is 1. The van der Waals surface area contributed by atoms with Crippen molar-refractivity contribution in [3.63, 3.8) is 0 Å². The van der Waals surface area contributed by atoms with Crippen LogP contribution in [-0.2, 0) is 10.1 Å². The number of hydrogen-bond acceptors (Lipinski definition) is 2. The number of rotatable bonds is 3. The van der Waals surface area contributed by atoms with Gasteiger partial charge >= 0.3 is 0 Å². The van der Waals surface area contributed by atoms with Crippen LogP contribution in [0.4, 0.5) is 0 Å². The van der Waals surface area contributed by atoms with Gasteiger partial charge in [0.25, 0.3) is 10.1 Å². The predicted molar refractivity (Wildman–Crippen MR) is 99.8 cm³/mol. The van der Waals surface area contributed by atoms with Gasteiger partial charge < -0.3 is 0 Å².